The molecule has 0 radical (unpaired) electrons. The highest BCUT2D eigenvalue weighted by atomic mass is 16.5. The Bertz CT molecular complexity index is 469. The van der Waals surface area contributed by atoms with E-state index in [0.717, 1.165) is 43.8 Å². The van der Waals surface area contributed by atoms with Gasteiger partial charge in [0.25, 0.3) is 0 Å². The van der Waals surface area contributed by atoms with Crippen molar-refractivity contribution < 1.29 is 9.32 Å². The van der Waals surface area contributed by atoms with Gasteiger partial charge >= 0.3 is 0 Å². The zero-order chi connectivity index (χ0) is 13.9. The van der Waals surface area contributed by atoms with Crippen molar-refractivity contribution in [2.24, 2.45) is 5.92 Å². The molecule has 3 rings (SSSR count). The lowest BCUT2D eigenvalue weighted by atomic mass is 9.99. The Morgan fingerprint density at radius 3 is 2.90 bits per heavy atom. The fourth-order valence-corrected chi connectivity index (χ4v) is 3.66. The van der Waals surface area contributed by atoms with Crippen molar-refractivity contribution >= 4 is 5.78 Å². The van der Waals surface area contributed by atoms with Crippen molar-refractivity contribution in [1.29, 1.82) is 0 Å². The van der Waals surface area contributed by atoms with Gasteiger partial charge in [0.2, 0.25) is 5.89 Å². The van der Waals surface area contributed by atoms with Crippen LogP contribution in [0.3, 0.4) is 0 Å². The van der Waals surface area contributed by atoms with Gasteiger partial charge in [-0.15, -0.1) is 0 Å². The van der Waals surface area contributed by atoms with Crippen LogP contribution in [0.4, 0.5) is 0 Å². The second-order valence-electron chi connectivity index (χ2n) is 6.39. The highest BCUT2D eigenvalue weighted by molar-refractivity contribution is 5.84. The van der Waals surface area contributed by atoms with Gasteiger partial charge in [-0.25, -0.2) is 0 Å². The van der Waals surface area contributed by atoms with Crippen LogP contribution in [0.15, 0.2) is 4.52 Å². The number of aromatic nitrogens is 2. The summed E-state index contributed by atoms with van der Waals surface area (Å²) in [6, 6.07) is 0. The van der Waals surface area contributed by atoms with Gasteiger partial charge in [-0.1, -0.05) is 31.3 Å². The van der Waals surface area contributed by atoms with Gasteiger partial charge in [0.05, 0.1) is 5.92 Å². The van der Waals surface area contributed by atoms with Crippen LogP contribution in [0, 0.1) is 5.92 Å². The summed E-state index contributed by atoms with van der Waals surface area (Å²) in [5.41, 5.74) is 0. The molecule has 3 unspecified atom stereocenters. The van der Waals surface area contributed by atoms with E-state index in [1.807, 2.05) is 0 Å². The Labute approximate surface area is 120 Å². The summed E-state index contributed by atoms with van der Waals surface area (Å²) in [4.78, 5) is 16.7. The van der Waals surface area contributed by atoms with E-state index in [-0.39, 0.29) is 11.7 Å². The molecule has 0 spiro atoms. The predicted molar refractivity (Wildman–Crippen MR) is 75.5 cm³/mol. The first kappa shape index (κ1) is 13.8. The lowest BCUT2D eigenvalue weighted by molar-refractivity contribution is -0.120. The van der Waals surface area contributed by atoms with Crippen LogP contribution in [0.1, 0.15) is 88.3 Å². The molecule has 1 aromatic heterocycles. The summed E-state index contributed by atoms with van der Waals surface area (Å²) in [5, 5.41) is 4.17. The van der Waals surface area contributed by atoms with Crippen LogP contribution in [0.25, 0.3) is 0 Å². The predicted octanol–water partition coefficient (Wildman–Crippen LogP) is 3.98. The molecule has 1 heterocycles. The molecule has 2 aliphatic rings. The summed E-state index contributed by atoms with van der Waals surface area (Å²) >= 11 is 0. The first-order valence-electron chi connectivity index (χ1n) is 8.14. The molecule has 110 valence electrons. The van der Waals surface area contributed by atoms with E-state index in [9.17, 15) is 4.79 Å². The molecule has 4 nitrogen and oxygen atoms in total. The van der Waals surface area contributed by atoms with E-state index < -0.39 is 0 Å². The number of hydrogen-bond donors (Lipinski definition) is 0. The molecule has 0 bridgehead atoms. The molecule has 2 aliphatic carbocycles. The highest BCUT2D eigenvalue weighted by Crippen LogP contribution is 2.39. The van der Waals surface area contributed by atoms with E-state index in [1.54, 1.807) is 0 Å². The number of ketones is 1. The van der Waals surface area contributed by atoms with Crippen LogP contribution in [0.2, 0.25) is 0 Å². The average molecular weight is 276 g/mol. The molecule has 0 aromatic carbocycles. The quantitative estimate of drug-likeness (QED) is 0.783. The normalized spacial score (nSPS) is 31.4. The van der Waals surface area contributed by atoms with E-state index >= 15 is 0 Å². The maximum absolute atomic E-state index is 12.1. The van der Waals surface area contributed by atoms with Crippen molar-refractivity contribution in [3.05, 3.63) is 11.7 Å². The zero-order valence-corrected chi connectivity index (χ0v) is 12.3. The second kappa shape index (κ2) is 6.06. The van der Waals surface area contributed by atoms with Crippen LogP contribution < -0.4 is 0 Å². The number of hydrogen-bond acceptors (Lipinski definition) is 4. The Morgan fingerprint density at radius 1 is 1.20 bits per heavy atom. The molecule has 1 aromatic rings. The van der Waals surface area contributed by atoms with E-state index in [0.29, 0.717) is 18.2 Å². The zero-order valence-electron chi connectivity index (χ0n) is 12.3. The molecule has 2 fully saturated rings. The Balaban J connectivity index is 1.71. The van der Waals surface area contributed by atoms with Gasteiger partial charge in [-0.3, -0.25) is 4.79 Å². The first-order chi connectivity index (χ1) is 9.78. The maximum atomic E-state index is 12.1. The largest absolute Gasteiger partial charge is 0.339 e. The Hall–Kier alpha value is -1.19. The average Bonchev–Trinajstić information content (AvgIpc) is 3.06. The lowest BCUT2D eigenvalue weighted by Crippen LogP contribution is -2.11. The minimum atomic E-state index is -0.137. The Morgan fingerprint density at radius 2 is 2.10 bits per heavy atom. The van der Waals surface area contributed by atoms with Gasteiger partial charge in [-0.05, 0) is 38.0 Å². The third kappa shape index (κ3) is 2.79. The topological polar surface area (TPSA) is 56.0 Å². The number of Topliss-reactive ketones (excluding diaryl/α,β-unsaturated/α-hetero) is 1. The molecule has 2 saturated carbocycles. The van der Waals surface area contributed by atoms with Gasteiger partial charge in [-0.2, -0.15) is 4.98 Å². The van der Waals surface area contributed by atoms with Gasteiger partial charge < -0.3 is 4.52 Å². The minimum absolute atomic E-state index is 0.137. The third-order valence-electron chi connectivity index (χ3n) is 5.04. The fourth-order valence-electron chi connectivity index (χ4n) is 3.66. The highest BCUT2D eigenvalue weighted by Gasteiger charge is 2.31. The molecule has 0 N–H and O–H groups in total. The maximum Gasteiger partial charge on any atom is 0.237 e. The second-order valence-corrected chi connectivity index (χ2v) is 6.39. The van der Waals surface area contributed by atoms with Crippen molar-refractivity contribution in [2.45, 2.75) is 76.5 Å². The molecular weight excluding hydrogens is 252 g/mol. The van der Waals surface area contributed by atoms with Crippen LogP contribution in [-0.2, 0) is 4.79 Å². The summed E-state index contributed by atoms with van der Waals surface area (Å²) in [7, 11) is 0. The van der Waals surface area contributed by atoms with Gasteiger partial charge in [0, 0.05) is 12.3 Å². The fraction of sp³-hybridized carbons (Fsp3) is 0.812. The van der Waals surface area contributed by atoms with Crippen LogP contribution in [-0.4, -0.2) is 15.9 Å². The third-order valence-corrected chi connectivity index (χ3v) is 5.04. The van der Waals surface area contributed by atoms with Crippen molar-refractivity contribution in [1.82, 2.24) is 10.1 Å². The number of rotatable bonds is 3. The molecular formula is C16H24N2O2. The molecule has 4 heteroatoms. The standard InChI is InChI=1S/C16H24N2O2/c1-2-11-8-9-12(10-11)15-17-16(20-18-15)13-6-4-3-5-7-14(13)19/h11-13H,2-10H2,1H3. The summed E-state index contributed by atoms with van der Waals surface area (Å²) in [6.45, 7) is 2.25. The minimum Gasteiger partial charge on any atom is -0.339 e. The number of carbonyl (C=O) groups is 1. The van der Waals surface area contributed by atoms with Gasteiger partial charge in [0.1, 0.15) is 5.78 Å². The summed E-state index contributed by atoms with van der Waals surface area (Å²) in [5.74, 6) is 2.82. The lowest BCUT2D eigenvalue weighted by Gasteiger charge is -2.07. The van der Waals surface area contributed by atoms with Crippen molar-refractivity contribution in [3.63, 3.8) is 0 Å². The molecule has 0 saturated heterocycles. The summed E-state index contributed by atoms with van der Waals surface area (Å²) in [6.07, 6.45) is 9.64. The van der Waals surface area contributed by atoms with Crippen LogP contribution in [0.5, 0.6) is 0 Å². The van der Waals surface area contributed by atoms with E-state index in [4.69, 9.17) is 4.52 Å². The van der Waals surface area contributed by atoms with E-state index in [2.05, 4.69) is 17.1 Å². The monoisotopic (exact) mass is 276 g/mol. The first-order valence-corrected chi connectivity index (χ1v) is 8.14. The molecule has 20 heavy (non-hydrogen) atoms. The molecule has 0 aliphatic heterocycles. The van der Waals surface area contributed by atoms with Crippen LogP contribution >= 0.6 is 0 Å². The Kier molecular flexibility index (Phi) is 4.18. The number of nitrogens with zero attached hydrogens (tertiary/aromatic N) is 2. The smallest absolute Gasteiger partial charge is 0.237 e. The molecule has 0 amide bonds. The molecule has 3 atom stereocenters. The van der Waals surface area contributed by atoms with Crippen molar-refractivity contribution in [2.75, 3.05) is 0 Å². The summed E-state index contributed by atoms with van der Waals surface area (Å²) < 4.78 is 5.43. The van der Waals surface area contributed by atoms with E-state index in [1.165, 1.54) is 19.3 Å². The van der Waals surface area contributed by atoms with Crippen molar-refractivity contribution in [3.8, 4) is 0 Å². The SMILES string of the molecule is CCC1CCC(c2noc(C3CCCCCC3=O)n2)C1. The van der Waals surface area contributed by atoms with Gasteiger partial charge in [0.15, 0.2) is 5.82 Å². The number of carbonyl (C=O) groups excluding carboxylic acids is 1.